The monoisotopic (exact) mass is 418 g/mol. The van der Waals surface area contributed by atoms with Crippen LogP contribution in [-0.4, -0.2) is 59.0 Å². The summed E-state index contributed by atoms with van der Waals surface area (Å²) in [5.74, 6) is -1.91. The van der Waals surface area contributed by atoms with Crippen LogP contribution in [-0.2, 0) is 35.2 Å². The first-order valence-electron chi connectivity index (χ1n) is 9.37. The average Bonchev–Trinajstić information content (AvgIpc) is 2.68. The molecule has 0 aliphatic carbocycles. The van der Waals surface area contributed by atoms with Crippen molar-refractivity contribution in [3.05, 3.63) is 48.3 Å². The molecule has 2 rings (SSSR count). The van der Waals surface area contributed by atoms with Crippen LogP contribution in [0.2, 0.25) is 0 Å². The fourth-order valence-corrected chi connectivity index (χ4v) is 2.69. The summed E-state index contributed by atoms with van der Waals surface area (Å²) >= 11 is 0. The number of amides is 2. The lowest BCUT2D eigenvalue weighted by Gasteiger charge is -2.34. The number of benzene rings is 1. The molecule has 0 bridgehead atoms. The number of hydrogen-bond acceptors (Lipinski definition) is 7. The largest absolute Gasteiger partial charge is 0.469 e. The average molecular weight is 418 g/mol. The second-order valence-corrected chi connectivity index (χ2v) is 7.59. The summed E-state index contributed by atoms with van der Waals surface area (Å²) in [6, 6.07) is 7.83. The molecule has 1 aromatic rings. The van der Waals surface area contributed by atoms with Gasteiger partial charge in [-0.25, -0.2) is 4.79 Å². The number of rotatable bonds is 6. The molecule has 0 saturated heterocycles. The molecular weight excluding hydrogens is 392 g/mol. The third-order valence-electron chi connectivity index (χ3n) is 4.03. The van der Waals surface area contributed by atoms with Crippen molar-refractivity contribution < 1.29 is 33.4 Å². The smallest absolute Gasteiger partial charge is 0.414 e. The van der Waals surface area contributed by atoms with Crippen LogP contribution in [0.15, 0.2) is 42.7 Å². The van der Waals surface area contributed by atoms with E-state index in [1.165, 1.54) is 19.5 Å². The van der Waals surface area contributed by atoms with Crippen LogP contribution in [0.5, 0.6) is 0 Å². The van der Waals surface area contributed by atoms with Crippen LogP contribution in [0.1, 0.15) is 32.8 Å². The van der Waals surface area contributed by atoms with Crippen molar-refractivity contribution in [2.24, 2.45) is 0 Å². The van der Waals surface area contributed by atoms with Gasteiger partial charge in [0.05, 0.1) is 13.5 Å². The van der Waals surface area contributed by atoms with E-state index in [4.69, 9.17) is 9.47 Å². The predicted molar refractivity (Wildman–Crippen MR) is 106 cm³/mol. The zero-order valence-corrected chi connectivity index (χ0v) is 17.5. The van der Waals surface area contributed by atoms with E-state index < -0.39 is 35.6 Å². The fraction of sp³-hybridized carbons (Fsp3) is 0.429. The third kappa shape index (κ3) is 6.61. The molecule has 1 aliphatic heterocycles. The Morgan fingerprint density at radius 3 is 2.30 bits per heavy atom. The van der Waals surface area contributed by atoms with Crippen LogP contribution in [0.25, 0.3) is 0 Å². The van der Waals surface area contributed by atoms with Gasteiger partial charge >= 0.3 is 18.0 Å². The van der Waals surface area contributed by atoms with Crippen LogP contribution in [0, 0.1) is 0 Å². The van der Waals surface area contributed by atoms with E-state index in [2.05, 4.69) is 4.74 Å². The molecule has 1 heterocycles. The first-order valence-corrected chi connectivity index (χ1v) is 9.37. The van der Waals surface area contributed by atoms with Crippen molar-refractivity contribution in [2.45, 2.75) is 45.4 Å². The van der Waals surface area contributed by atoms with Gasteiger partial charge in [0.1, 0.15) is 24.8 Å². The zero-order valence-electron chi connectivity index (χ0n) is 17.5. The van der Waals surface area contributed by atoms with Crippen molar-refractivity contribution >= 4 is 23.9 Å². The van der Waals surface area contributed by atoms with E-state index in [0.717, 1.165) is 15.4 Å². The molecule has 0 spiro atoms. The van der Waals surface area contributed by atoms with Crippen molar-refractivity contribution in [3.8, 4) is 0 Å². The van der Waals surface area contributed by atoms with Gasteiger partial charge in [-0.05, 0) is 26.3 Å². The van der Waals surface area contributed by atoms with Gasteiger partial charge in [0.25, 0.3) is 5.91 Å². The maximum Gasteiger partial charge on any atom is 0.414 e. The molecule has 162 valence electrons. The molecule has 0 radical (unpaired) electrons. The number of methoxy groups -OCH3 is 1. The molecule has 1 aromatic carbocycles. The highest BCUT2D eigenvalue weighted by Gasteiger charge is 2.38. The van der Waals surface area contributed by atoms with E-state index >= 15 is 0 Å². The molecule has 0 aromatic heterocycles. The minimum absolute atomic E-state index is 0.00473. The summed E-state index contributed by atoms with van der Waals surface area (Å²) in [4.78, 5) is 51.4. The molecule has 1 atom stereocenters. The number of carbonyl (C=O) groups is 4. The standard InChI is InChI=1S/C21H26N2O7/c1-21(2,3)30-18(25)13-22-10-11-23(16(19(22)26)12-17(24)28-4)20(27)29-14-15-8-6-5-7-9-15/h5-11,16H,12-14H2,1-4H3. The van der Waals surface area contributed by atoms with E-state index in [1.807, 2.05) is 18.2 Å². The maximum atomic E-state index is 12.9. The van der Waals surface area contributed by atoms with Crippen LogP contribution in [0.3, 0.4) is 0 Å². The Bertz CT molecular complexity index is 814. The fourth-order valence-electron chi connectivity index (χ4n) is 2.69. The minimum Gasteiger partial charge on any atom is -0.469 e. The molecule has 9 heteroatoms. The molecule has 9 nitrogen and oxygen atoms in total. The van der Waals surface area contributed by atoms with E-state index in [-0.39, 0.29) is 19.6 Å². The Balaban J connectivity index is 2.13. The molecule has 30 heavy (non-hydrogen) atoms. The Labute approximate surface area is 175 Å². The Morgan fingerprint density at radius 1 is 1.03 bits per heavy atom. The van der Waals surface area contributed by atoms with Crippen molar-refractivity contribution in [1.29, 1.82) is 0 Å². The van der Waals surface area contributed by atoms with Gasteiger partial charge in [0, 0.05) is 12.4 Å². The number of esters is 2. The Hall–Kier alpha value is -3.36. The summed E-state index contributed by atoms with van der Waals surface area (Å²) in [5.41, 5.74) is 0.0624. The molecule has 2 amide bonds. The van der Waals surface area contributed by atoms with Crippen LogP contribution in [0.4, 0.5) is 4.79 Å². The second-order valence-electron chi connectivity index (χ2n) is 7.59. The van der Waals surface area contributed by atoms with Crippen LogP contribution >= 0.6 is 0 Å². The molecule has 0 saturated carbocycles. The van der Waals surface area contributed by atoms with E-state index in [0.29, 0.717) is 0 Å². The zero-order chi connectivity index (χ0) is 22.3. The molecule has 1 aliphatic rings. The first kappa shape index (κ1) is 22.9. The summed E-state index contributed by atoms with van der Waals surface area (Å²) in [6.45, 7) is 4.79. The van der Waals surface area contributed by atoms with Gasteiger partial charge in [0.15, 0.2) is 0 Å². The van der Waals surface area contributed by atoms with Crippen molar-refractivity contribution in [3.63, 3.8) is 0 Å². The highest BCUT2D eigenvalue weighted by molar-refractivity contribution is 5.93. The summed E-state index contributed by atoms with van der Waals surface area (Å²) in [7, 11) is 1.18. The quantitative estimate of drug-likeness (QED) is 0.515. The van der Waals surface area contributed by atoms with E-state index in [9.17, 15) is 19.2 Å². The lowest BCUT2D eigenvalue weighted by molar-refractivity contribution is -0.158. The number of ether oxygens (including phenoxy) is 3. The molecule has 1 unspecified atom stereocenters. The first-order chi connectivity index (χ1) is 14.1. The number of hydrogen-bond donors (Lipinski definition) is 0. The second kappa shape index (κ2) is 9.91. The van der Waals surface area contributed by atoms with Gasteiger partial charge in [-0.1, -0.05) is 30.3 Å². The summed E-state index contributed by atoms with van der Waals surface area (Å²) in [5, 5.41) is 0. The molecule has 0 fully saturated rings. The van der Waals surface area contributed by atoms with Gasteiger partial charge < -0.3 is 19.1 Å². The van der Waals surface area contributed by atoms with Crippen LogP contribution < -0.4 is 0 Å². The summed E-state index contributed by atoms with van der Waals surface area (Å²) in [6.07, 6.45) is 1.40. The highest BCUT2D eigenvalue weighted by atomic mass is 16.6. The topological polar surface area (TPSA) is 102 Å². The van der Waals surface area contributed by atoms with E-state index in [1.54, 1.807) is 32.9 Å². The Kier molecular flexibility index (Phi) is 7.57. The minimum atomic E-state index is -1.20. The molecular formula is C21H26N2O7. The van der Waals surface area contributed by atoms with Gasteiger partial charge in [-0.15, -0.1) is 0 Å². The summed E-state index contributed by atoms with van der Waals surface area (Å²) < 4.78 is 15.1. The van der Waals surface area contributed by atoms with Gasteiger partial charge in [-0.2, -0.15) is 0 Å². The lowest BCUT2D eigenvalue weighted by Crippen LogP contribution is -2.53. The molecule has 0 N–H and O–H groups in total. The third-order valence-corrected chi connectivity index (χ3v) is 4.03. The SMILES string of the molecule is COC(=O)CC1C(=O)N(CC(=O)OC(C)(C)C)C=CN1C(=O)OCc1ccccc1. The highest BCUT2D eigenvalue weighted by Crippen LogP contribution is 2.19. The number of carbonyl (C=O) groups excluding carboxylic acids is 4. The lowest BCUT2D eigenvalue weighted by atomic mass is 10.1. The normalized spacial score (nSPS) is 16.3. The predicted octanol–water partition coefficient (Wildman–Crippen LogP) is 2.21. The van der Waals surface area contributed by atoms with Crippen molar-refractivity contribution in [1.82, 2.24) is 9.80 Å². The number of nitrogens with zero attached hydrogens (tertiary/aromatic N) is 2. The Morgan fingerprint density at radius 2 is 1.70 bits per heavy atom. The van der Waals surface area contributed by atoms with Gasteiger partial charge in [0.2, 0.25) is 0 Å². The van der Waals surface area contributed by atoms with Crippen molar-refractivity contribution in [2.75, 3.05) is 13.7 Å². The van der Waals surface area contributed by atoms with Gasteiger partial charge in [-0.3, -0.25) is 19.3 Å². The maximum absolute atomic E-state index is 12.9.